The molecule has 0 radical (unpaired) electrons. The Morgan fingerprint density at radius 1 is 1.47 bits per heavy atom. The van der Waals surface area contributed by atoms with E-state index in [1.54, 1.807) is 13.0 Å². The zero-order valence-electron chi connectivity index (χ0n) is 9.78. The Morgan fingerprint density at radius 3 is 2.71 bits per heavy atom. The van der Waals surface area contributed by atoms with Crippen molar-refractivity contribution < 1.29 is 14.9 Å². The minimum absolute atomic E-state index is 0.455. The molecule has 1 aromatic heterocycles. The number of ether oxygens (including phenoxy) is 1. The van der Waals surface area contributed by atoms with E-state index in [0.29, 0.717) is 12.1 Å². The Bertz CT molecular complexity index is 459. The summed E-state index contributed by atoms with van der Waals surface area (Å²) >= 11 is 0. The van der Waals surface area contributed by atoms with E-state index in [2.05, 4.69) is 4.98 Å². The maximum Gasteiger partial charge on any atom is 0.349 e. The molecule has 1 aromatic rings. The van der Waals surface area contributed by atoms with Crippen LogP contribution < -0.4 is 5.69 Å². The molecule has 0 saturated carbocycles. The second kappa shape index (κ2) is 4.56. The van der Waals surface area contributed by atoms with Crippen LogP contribution in [0.3, 0.4) is 0 Å². The molecule has 6 heteroatoms. The molecule has 1 aliphatic heterocycles. The highest BCUT2D eigenvalue weighted by molar-refractivity contribution is 4.98. The van der Waals surface area contributed by atoms with Gasteiger partial charge in [-0.25, -0.2) is 4.79 Å². The van der Waals surface area contributed by atoms with Crippen LogP contribution in [0.25, 0.3) is 0 Å². The number of hydrogen-bond acceptors (Lipinski definition) is 5. The van der Waals surface area contributed by atoms with Gasteiger partial charge < -0.3 is 14.9 Å². The van der Waals surface area contributed by atoms with E-state index < -0.39 is 30.2 Å². The van der Waals surface area contributed by atoms with E-state index in [0.717, 1.165) is 0 Å². The van der Waals surface area contributed by atoms with Gasteiger partial charge in [0.2, 0.25) is 0 Å². The molecule has 1 aliphatic rings. The highest BCUT2D eigenvalue weighted by atomic mass is 16.6. The minimum atomic E-state index is -1.11. The normalized spacial score (nSPS) is 32.9. The lowest BCUT2D eigenvalue weighted by atomic mass is 10.1. The van der Waals surface area contributed by atoms with E-state index in [1.165, 1.54) is 10.8 Å². The first kappa shape index (κ1) is 12.2. The highest BCUT2D eigenvalue weighted by Gasteiger charge is 2.43. The molecule has 2 rings (SSSR count). The van der Waals surface area contributed by atoms with Gasteiger partial charge >= 0.3 is 5.69 Å². The molecule has 0 aromatic carbocycles. The monoisotopic (exact) mass is 240 g/mol. The molecule has 1 saturated heterocycles. The smallest absolute Gasteiger partial charge is 0.349 e. The molecule has 4 unspecified atom stereocenters. The fourth-order valence-electron chi connectivity index (χ4n) is 1.99. The lowest BCUT2D eigenvalue weighted by Crippen LogP contribution is -2.35. The Hall–Kier alpha value is -1.24. The Balaban J connectivity index is 2.32. The lowest BCUT2D eigenvalue weighted by Gasteiger charge is -2.16. The number of rotatable bonds is 2. The van der Waals surface area contributed by atoms with E-state index in [9.17, 15) is 15.0 Å². The van der Waals surface area contributed by atoms with Crippen molar-refractivity contribution in [2.75, 3.05) is 0 Å². The predicted octanol–water partition coefficient (Wildman–Crippen LogP) is -0.419. The third kappa shape index (κ3) is 2.11. The molecule has 6 nitrogen and oxygen atoms in total. The van der Waals surface area contributed by atoms with E-state index in [-0.39, 0.29) is 0 Å². The lowest BCUT2D eigenvalue weighted by molar-refractivity contribution is -0.0404. The fourth-order valence-corrected chi connectivity index (χ4v) is 1.99. The van der Waals surface area contributed by atoms with Gasteiger partial charge in [0, 0.05) is 11.9 Å². The molecule has 0 spiro atoms. The molecular formula is C11H16N2O4. The van der Waals surface area contributed by atoms with Gasteiger partial charge in [0.25, 0.3) is 0 Å². The number of nitrogens with zero attached hydrogens (tertiary/aromatic N) is 2. The molecule has 17 heavy (non-hydrogen) atoms. The summed E-state index contributed by atoms with van der Waals surface area (Å²) in [6.07, 6.45) is -1.31. The van der Waals surface area contributed by atoms with Crippen LogP contribution in [0.4, 0.5) is 0 Å². The van der Waals surface area contributed by atoms with Crippen molar-refractivity contribution in [1.29, 1.82) is 0 Å². The molecule has 0 bridgehead atoms. The van der Waals surface area contributed by atoms with Crippen LogP contribution in [0.2, 0.25) is 0 Å². The summed E-state index contributed by atoms with van der Waals surface area (Å²) < 4.78 is 6.67. The Labute approximate surface area is 98.5 Å². The van der Waals surface area contributed by atoms with E-state index in [1.807, 2.05) is 6.92 Å². The number of aryl methyl sites for hydroxylation is 1. The summed E-state index contributed by atoms with van der Waals surface area (Å²) in [5.41, 5.74) is 0.115. The molecule has 2 N–H and O–H groups in total. The van der Waals surface area contributed by atoms with Crippen molar-refractivity contribution in [2.45, 2.75) is 44.8 Å². The van der Waals surface area contributed by atoms with Gasteiger partial charge in [-0.1, -0.05) is 6.92 Å². The van der Waals surface area contributed by atoms with Crippen molar-refractivity contribution in [2.24, 2.45) is 0 Å². The van der Waals surface area contributed by atoms with Gasteiger partial charge in [0.05, 0.1) is 6.10 Å². The number of aliphatic hydroxyl groups excluding tert-OH is 2. The third-order valence-electron chi connectivity index (χ3n) is 2.98. The average molecular weight is 240 g/mol. The van der Waals surface area contributed by atoms with Crippen LogP contribution in [0.5, 0.6) is 0 Å². The molecule has 0 aliphatic carbocycles. The first-order valence-corrected chi connectivity index (χ1v) is 5.62. The maximum absolute atomic E-state index is 11.7. The van der Waals surface area contributed by atoms with Gasteiger partial charge in [-0.05, 0) is 19.4 Å². The van der Waals surface area contributed by atoms with E-state index in [4.69, 9.17) is 4.74 Å². The first-order chi connectivity index (χ1) is 8.04. The zero-order chi connectivity index (χ0) is 12.6. The third-order valence-corrected chi connectivity index (χ3v) is 2.98. The molecular weight excluding hydrogens is 224 g/mol. The standard InChI is InChI=1S/C11H16N2O4/c1-3-7-8(14)9(15)10(17-7)13-5-4-6(2)12-11(13)16/h4-5,7-10,14-15H,3H2,1-2H3. The average Bonchev–Trinajstić information content (AvgIpc) is 2.57. The van der Waals surface area contributed by atoms with E-state index >= 15 is 0 Å². The van der Waals surface area contributed by atoms with Gasteiger partial charge in [-0.15, -0.1) is 0 Å². The summed E-state index contributed by atoms with van der Waals surface area (Å²) in [5, 5.41) is 19.6. The van der Waals surface area contributed by atoms with Crippen molar-refractivity contribution in [3.8, 4) is 0 Å². The van der Waals surface area contributed by atoms with Crippen molar-refractivity contribution in [3.05, 3.63) is 28.4 Å². The summed E-state index contributed by atoms with van der Waals surface area (Å²) in [6.45, 7) is 3.56. The van der Waals surface area contributed by atoms with Crippen molar-refractivity contribution in [3.63, 3.8) is 0 Å². The minimum Gasteiger partial charge on any atom is -0.388 e. The van der Waals surface area contributed by atoms with Crippen LogP contribution in [0, 0.1) is 6.92 Å². The second-order valence-electron chi connectivity index (χ2n) is 4.21. The number of aromatic nitrogens is 2. The number of hydrogen-bond donors (Lipinski definition) is 2. The summed E-state index contributed by atoms with van der Waals surface area (Å²) in [7, 11) is 0. The van der Waals surface area contributed by atoms with Crippen LogP contribution in [-0.2, 0) is 4.74 Å². The molecule has 94 valence electrons. The predicted molar refractivity (Wildman–Crippen MR) is 59.4 cm³/mol. The largest absolute Gasteiger partial charge is 0.388 e. The highest BCUT2D eigenvalue weighted by Crippen LogP contribution is 2.29. The first-order valence-electron chi connectivity index (χ1n) is 5.62. The van der Waals surface area contributed by atoms with Crippen LogP contribution in [0.15, 0.2) is 17.1 Å². The van der Waals surface area contributed by atoms with Gasteiger partial charge in [-0.3, -0.25) is 4.57 Å². The Morgan fingerprint density at radius 2 is 2.18 bits per heavy atom. The van der Waals surface area contributed by atoms with Crippen LogP contribution in [-0.4, -0.2) is 38.1 Å². The van der Waals surface area contributed by atoms with Crippen LogP contribution >= 0.6 is 0 Å². The van der Waals surface area contributed by atoms with Gasteiger partial charge in [-0.2, -0.15) is 4.98 Å². The molecule has 4 atom stereocenters. The molecule has 0 amide bonds. The molecule has 2 heterocycles. The van der Waals surface area contributed by atoms with Gasteiger partial charge in [0.1, 0.15) is 12.2 Å². The fraction of sp³-hybridized carbons (Fsp3) is 0.636. The van der Waals surface area contributed by atoms with Crippen molar-refractivity contribution in [1.82, 2.24) is 9.55 Å². The SMILES string of the molecule is CCC1OC(n2ccc(C)nc2=O)C(O)C1O. The second-order valence-corrected chi connectivity index (χ2v) is 4.21. The maximum atomic E-state index is 11.7. The van der Waals surface area contributed by atoms with Crippen LogP contribution in [0.1, 0.15) is 25.3 Å². The Kier molecular flexibility index (Phi) is 3.28. The zero-order valence-corrected chi connectivity index (χ0v) is 9.78. The van der Waals surface area contributed by atoms with Gasteiger partial charge in [0.15, 0.2) is 6.23 Å². The van der Waals surface area contributed by atoms with Crippen molar-refractivity contribution >= 4 is 0 Å². The topological polar surface area (TPSA) is 84.6 Å². The summed E-state index contributed by atoms with van der Waals surface area (Å²) in [5.74, 6) is 0. The summed E-state index contributed by atoms with van der Waals surface area (Å²) in [6, 6.07) is 1.66. The summed E-state index contributed by atoms with van der Waals surface area (Å²) in [4.78, 5) is 15.4. The number of aliphatic hydroxyl groups is 2. The quantitative estimate of drug-likeness (QED) is 0.733. The molecule has 1 fully saturated rings.